The van der Waals surface area contributed by atoms with Gasteiger partial charge in [0.1, 0.15) is 0 Å². The molecule has 0 saturated heterocycles. The van der Waals surface area contributed by atoms with Crippen molar-refractivity contribution in [2.24, 2.45) is 0 Å². The highest BCUT2D eigenvalue weighted by Crippen LogP contribution is 2.23. The molecule has 2 aromatic rings. The minimum Gasteiger partial charge on any atom is -0.354 e. The van der Waals surface area contributed by atoms with Crippen LogP contribution in [-0.2, 0) is 0 Å². The Kier molecular flexibility index (Phi) is 3.39. The average molecular weight is 280 g/mol. The predicted molar refractivity (Wildman–Crippen MR) is 71.2 cm³/mol. The summed E-state index contributed by atoms with van der Waals surface area (Å²) in [6.07, 6.45) is 1.80. The summed E-state index contributed by atoms with van der Waals surface area (Å²) in [6, 6.07) is 8.57. The Labute approximate surface area is 104 Å². The predicted octanol–water partition coefficient (Wildman–Crippen LogP) is 2.85. The van der Waals surface area contributed by atoms with Crippen LogP contribution in [0.5, 0.6) is 0 Å². The molecule has 1 atom stereocenters. The van der Waals surface area contributed by atoms with E-state index in [0.29, 0.717) is 6.04 Å². The maximum absolute atomic E-state index is 4.23. The lowest BCUT2D eigenvalue weighted by molar-refractivity contribution is 0.751. The van der Waals surface area contributed by atoms with E-state index in [9.17, 15) is 0 Å². The van der Waals surface area contributed by atoms with Crippen LogP contribution < -0.4 is 4.90 Å². The third kappa shape index (κ3) is 2.02. The maximum Gasteiger partial charge on any atom is 0.159 e. The molecule has 0 fully saturated rings. The van der Waals surface area contributed by atoms with Gasteiger partial charge in [-0.25, -0.2) is 0 Å². The number of hydrogen-bond donors (Lipinski definition) is 0. The van der Waals surface area contributed by atoms with Gasteiger partial charge in [0.15, 0.2) is 5.82 Å². The molecule has 0 N–H and O–H groups in total. The first-order chi connectivity index (χ1) is 7.74. The van der Waals surface area contributed by atoms with Crippen LogP contribution in [0.15, 0.2) is 30.5 Å². The van der Waals surface area contributed by atoms with Crippen LogP contribution in [0, 0.1) is 0 Å². The molecule has 0 spiro atoms. The zero-order chi connectivity index (χ0) is 11.5. The molecule has 0 aliphatic rings. The molecule has 1 heterocycles. The van der Waals surface area contributed by atoms with Gasteiger partial charge in [-0.1, -0.05) is 40.2 Å². The third-order valence-corrected chi connectivity index (χ3v) is 3.71. The van der Waals surface area contributed by atoms with E-state index in [1.54, 1.807) is 6.20 Å². The van der Waals surface area contributed by atoms with Crippen molar-refractivity contribution in [2.45, 2.75) is 13.0 Å². The maximum atomic E-state index is 4.23. The van der Waals surface area contributed by atoms with Gasteiger partial charge in [0.2, 0.25) is 0 Å². The molecule has 0 aliphatic carbocycles. The van der Waals surface area contributed by atoms with E-state index < -0.39 is 0 Å². The van der Waals surface area contributed by atoms with Gasteiger partial charge in [-0.3, -0.25) is 0 Å². The zero-order valence-electron chi connectivity index (χ0n) is 9.39. The Morgan fingerprint density at radius 3 is 2.88 bits per heavy atom. The molecule has 2 rings (SSSR count). The van der Waals surface area contributed by atoms with Crippen molar-refractivity contribution in [3.05, 3.63) is 30.5 Å². The SMILES string of the molecule is CC(CBr)N(C)c1nncc2ccccc12. The lowest BCUT2D eigenvalue weighted by Crippen LogP contribution is -2.31. The van der Waals surface area contributed by atoms with Gasteiger partial charge in [0, 0.05) is 29.2 Å². The molecule has 0 bridgehead atoms. The lowest BCUT2D eigenvalue weighted by Gasteiger charge is -2.24. The van der Waals surface area contributed by atoms with Gasteiger partial charge in [-0.05, 0) is 6.92 Å². The van der Waals surface area contributed by atoms with Gasteiger partial charge < -0.3 is 4.90 Å². The van der Waals surface area contributed by atoms with Crippen LogP contribution in [0.25, 0.3) is 10.8 Å². The molecular formula is C12H14BrN3. The molecule has 0 saturated carbocycles. The fourth-order valence-corrected chi connectivity index (χ4v) is 2.02. The highest BCUT2D eigenvalue weighted by Gasteiger charge is 2.13. The fraction of sp³-hybridized carbons (Fsp3) is 0.333. The topological polar surface area (TPSA) is 29.0 Å². The molecule has 0 aliphatic heterocycles. The van der Waals surface area contributed by atoms with Crippen LogP contribution in [0.2, 0.25) is 0 Å². The van der Waals surface area contributed by atoms with Gasteiger partial charge >= 0.3 is 0 Å². The number of hydrogen-bond acceptors (Lipinski definition) is 3. The first-order valence-corrected chi connectivity index (χ1v) is 6.35. The number of fused-ring (bicyclic) bond motifs is 1. The van der Waals surface area contributed by atoms with E-state index in [-0.39, 0.29) is 0 Å². The quantitative estimate of drug-likeness (QED) is 0.809. The molecule has 4 heteroatoms. The molecule has 0 amide bonds. The van der Waals surface area contributed by atoms with Crippen molar-refractivity contribution >= 4 is 32.5 Å². The summed E-state index contributed by atoms with van der Waals surface area (Å²) in [4.78, 5) is 2.14. The van der Waals surface area contributed by atoms with Crippen molar-refractivity contribution in [1.29, 1.82) is 0 Å². The van der Waals surface area contributed by atoms with E-state index >= 15 is 0 Å². The largest absolute Gasteiger partial charge is 0.354 e. The summed E-state index contributed by atoms with van der Waals surface area (Å²) in [7, 11) is 2.04. The Morgan fingerprint density at radius 2 is 2.12 bits per heavy atom. The van der Waals surface area contributed by atoms with Crippen molar-refractivity contribution < 1.29 is 0 Å². The number of alkyl halides is 1. The number of nitrogens with zero attached hydrogens (tertiary/aromatic N) is 3. The fourth-order valence-electron chi connectivity index (χ4n) is 1.59. The number of rotatable bonds is 3. The second kappa shape index (κ2) is 4.78. The van der Waals surface area contributed by atoms with Gasteiger partial charge in [-0.15, -0.1) is 5.10 Å². The Bertz CT molecular complexity index is 481. The van der Waals surface area contributed by atoms with Crippen LogP contribution >= 0.6 is 15.9 Å². The van der Waals surface area contributed by atoms with Crippen LogP contribution in [0.1, 0.15) is 6.92 Å². The Hall–Kier alpha value is -1.16. The smallest absolute Gasteiger partial charge is 0.159 e. The van der Waals surface area contributed by atoms with E-state index in [1.807, 2.05) is 19.2 Å². The highest BCUT2D eigenvalue weighted by molar-refractivity contribution is 9.09. The van der Waals surface area contributed by atoms with Crippen LogP contribution in [-0.4, -0.2) is 28.6 Å². The van der Waals surface area contributed by atoms with E-state index in [1.165, 1.54) is 0 Å². The molecule has 84 valence electrons. The first-order valence-electron chi connectivity index (χ1n) is 5.23. The highest BCUT2D eigenvalue weighted by atomic mass is 79.9. The summed E-state index contributed by atoms with van der Waals surface area (Å²) in [5.74, 6) is 0.935. The van der Waals surface area contributed by atoms with Crippen molar-refractivity contribution in [1.82, 2.24) is 10.2 Å². The van der Waals surface area contributed by atoms with Gasteiger partial charge in [0.25, 0.3) is 0 Å². The molecule has 1 aromatic heterocycles. The Balaban J connectivity index is 2.52. The lowest BCUT2D eigenvalue weighted by atomic mass is 10.2. The van der Waals surface area contributed by atoms with Crippen LogP contribution in [0.4, 0.5) is 5.82 Å². The Morgan fingerprint density at radius 1 is 1.38 bits per heavy atom. The zero-order valence-corrected chi connectivity index (χ0v) is 11.0. The molecule has 3 nitrogen and oxygen atoms in total. The molecular weight excluding hydrogens is 266 g/mol. The number of anilines is 1. The van der Waals surface area contributed by atoms with Crippen molar-refractivity contribution in [3.63, 3.8) is 0 Å². The van der Waals surface area contributed by atoms with E-state index in [2.05, 4.69) is 50.1 Å². The van der Waals surface area contributed by atoms with E-state index in [4.69, 9.17) is 0 Å². The number of benzene rings is 1. The van der Waals surface area contributed by atoms with Gasteiger partial charge in [0.05, 0.1) is 6.20 Å². The molecule has 1 aromatic carbocycles. The average Bonchev–Trinajstić information content (AvgIpc) is 2.36. The molecule has 0 radical (unpaired) electrons. The van der Waals surface area contributed by atoms with Crippen molar-refractivity contribution in [2.75, 3.05) is 17.3 Å². The number of halogens is 1. The van der Waals surface area contributed by atoms with Gasteiger partial charge in [-0.2, -0.15) is 5.10 Å². The summed E-state index contributed by atoms with van der Waals surface area (Å²) in [5.41, 5.74) is 0. The summed E-state index contributed by atoms with van der Waals surface area (Å²) in [5, 5.41) is 11.5. The van der Waals surface area contributed by atoms with Crippen LogP contribution in [0.3, 0.4) is 0 Å². The molecule has 16 heavy (non-hydrogen) atoms. The summed E-state index contributed by atoms with van der Waals surface area (Å²) >= 11 is 3.49. The normalized spacial score (nSPS) is 12.7. The third-order valence-electron chi connectivity index (χ3n) is 2.77. The standard InChI is InChI=1S/C12H14BrN3/c1-9(7-13)16(2)12-11-6-4-3-5-10(11)8-14-15-12/h3-6,8-9H,7H2,1-2H3. The minimum absolute atomic E-state index is 0.389. The second-order valence-electron chi connectivity index (χ2n) is 3.87. The second-order valence-corrected chi connectivity index (χ2v) is 4.52. The summed E-state index contributed by atoms with van der Waals surface area (Å²) < 4.78 is 0. The molecule has 1 unspecified atom stereocenters. The monoisotopic (exact) mass is 279 g/mol. The summed E-state index contributed by atoms with van der Waals surface area (Å²) in [6.45, 7) is 2.15. The minimum atomic E-state index is 0.389. The number of aromatic nitrogens is 2. The first kappa shape index (κ1) is 11.3. The van der Waals surface area contributed by atoms with Crippen molar-refractivity contribution in [3.8, 4) is 0 Å². The van der Waals surface area contributed by atoms with E-state index in [0.717, 1.165) is 21.9 Å².